The molecule has 0 unspecified atom stereocenters. The number of halogens is 1. The van der Waals surface area contributed by atoms with Crippen LogP contribution in [-0.2, 0) is 4.79 Å². The number of likely N-dealkylation sites (tertiary alicyclic amines) is 1. The van der Waals surface area contributed by atoms with Crippen molar-refractivity contribution in [1.82, 2.24) is 9.88 Å². The van der Waals surface area contributed by atoms with Crippen molar-refractivity contribution in [1.29, 1.82) is 0 Å². The number of carbonyl (C=O) groups excluding carboxylic acids is 1. The zero-order valence-corrected chi connectivity index (χ0v) is 13.5. The molecule has 2 aliphatic heterocycles. The molecular formula is C17H24FN3O2. The average Bonchev–Trinajstić information content (AvgIpc) is 2.96. The van der Waals surface area contributed by atoms with E-state index in [2.05, 4.69) is 9.88 Å². The molecule has 0 saturated carbocycles. The third kappa shape index (κ3) is 3.47. The van der Waals surface area contributed by atoms with Gasteiger partial charge in [-0.05, 0) is 31.4 Å². The number of piperidine rings is 1. The van der Waals surface area contributed by atoms with Crippen LogP contribution in [0, 0.1) is 12.8 Å². The number of hydrogen-bond donors (Lipinski definition) is 1. The van der Waals surface area contributed by atoms with Crippen molar-refractivity contribution in [2.45, 2.75) is 38.4 Å². The van der Waals surface area contributed by atoms with E-state index < -0.39 is 6.17 Å². The predicted molar refractivity (Wildman–Crippen MR) is 86.0 cm³/mol. The summed E-state index contributed by atoms with van der Waals surface area (Å²) in [5, 5.41) is 9.34. The highest BCUT2D eigenvalue weighted by atomic mass is 19.1. The Morgan fingerprint density at radius 3 is 2.74 bits per heavy atom. The molecule has 1 aromatic heterocycles. The van der Waals surface area contributed by atoms with Crippen molar-refractivity contribution in [3.05, 3.63) is 23.9 Å². The van der Waals surface area contributed by atoms with Gasteiger partial charge in [-0.1, -0.05) is 6.07 Å². The Labute approximate surface area is 136 Å². The van der Waals surface area contributed by atoms with E-state index in [1.807, 2.05) is 25.3 Å². The van der Waals surface area contributed by atoms with Crippen LogP contribution in [0.15, 0.2) is 18.3 Å². The third-order valence-electron chi connectivity index (χ3n) is 4.92. The lowest BCUT2D eigenvalue weighted by Crippen LogP contribution is -2.45. The van der Waals surface area contributed by atoms with Crippen molar-refractivity contribution in [2.24, 2.45) is 5.92 Å². The lowest BCUT2D eigenvalue weighted by Gasteiger charge is -2.35. The van der Waals surface area contributed by atoms with E-state index in [1.165, 1.54) is 0 Å². The molecule has 6 heteroatoms. The maximum absolute atomic E-state index is 13.5. The standard InChI is InChI=1S/C17H24FN3O2/c1-12-2-3-16(19-9-12)20-6-4-13(5-7-20)17(23)21-10-14(18)8-15(21)11-22/h2-3,9,13-15,22H,4-8,10-11H2,1H3/t14-,15-/m0/s1. The summed E-state index contributed by atoms with van der Waals surface area (Å²) in [6, 6.07) is 3.69. The number of rotatable bonds is 3. The summed E-state index contributed by atoms with van der Waals surface area (Å²) in [5.41, 5.74) is 1.13. The predicted octanol–water partition coefficient (Wildman–Crippen LogP) is 1.54. The Hall–Kier alpha value is -1.69. The van der Waals surface area contributed by atoms with Crippen molar-refractivity contribution in [2.75, 3.05) is 31.1 Å². The molecule has 0 aromatic carbocycles. The number of aryl methyl sites for hydroxylation is 1. The molecule has 1 amide bonds. The molecule has 3 rings (SSSR count). The second-order valence-electron chi connectivity index (χ2n) is 6.62. The van der Waals surface area contributed by atoms with Crippen molar-refractivity contribution in [3.63, 3.8) is 0 Å². The minimum Gasteiger partial charge on any atom is -0.394 e. The number of aliphatic hydroxyl groups is 1. The molecule has 1 aromatic rings. The summed E-state index contributed by atoms with van der Waals surface area (Å²) in [6.07, 6.45) is 2.60. The molecule has 2 fully saturated rings. The normalized spacial score (nSPS) is 25.9. The summed E-state index contributed by atoms with van der Waals surface area (Å²) in [6.45, 7) is 3.54. The number of alkyl halides is 1. The van der Waals surface area contributed by atoms with Crippen LogP contribution >= 0.6 is 0 Å². The monoisotopic (exact) mass is 321 g/mol. The second-order valence-corrected chi connectivity index (χ2v) is 6.62. The molecule has 23 heavy (non-hydrogen) atoms. The van der Waals surface area contributed by atoms with Crippen LogP contribution in [0.2, 0.25) is 0 Å². The van der Waals surface area contributed by atoms with E-state index in [-0.39, 0.29) is 37.4 Å². The fourth-order valence-corrected chi connectivity index (χ4v) is 3.54. The van der Waals surface area contributed by atoms with Crippen molar-refractivity contribution >= 4 is 11.7 Å². The van der Waals surface area contributed by atoms with E-state index in [9.17, 15) is 14.3 Å². The van der Waals surface area contributed by atoms with Crippen LogP contribution in [0.25, 0.3) is 0 Å². The Morgan fingerprint density at radius 2 is 2.13 bits per heavy atom. The maximum atomic E-state index is 13.5. The summed E-state index contributed by atoms with van der Waals surface area (Å²) >= 11 is 0. The highest BCUT2D eigenvalue weighted by molar-refractivity contribution is 5.80. The number of nitrogens with zero attached hydrogens (tertiary/aromatic N) is 3. The molecule has 126 valence electrons. The molecule has 1 N–H and O–H groups in total. The van der Waals surface area contributed by atoms with Gasteiger partial charge in [0.2, 0.25) is 5.91 Å². The Kier molecular flexibility index (Phi) is 4.80. The molecule has 2 saturated heterocycles. The van der Waals surface area contributed by atoms with Gasteiger partial charge in [0, 0.05) is 31.6 Å². The number of carbonyl (C=O) groups is 1. The second kappa shape index (κ2) is 6.83. The summed E-state index contributed by atoms with van der Waals surface area (Å²) in [5.74, 6) is 0.872. The summed E-state index contributed by atoms with van der Waals surface area (Å²) in [7, 11) is 0. The van der Waals surface area contributed by atoms with Crippen molar-refractivity contribution in [3.8, 4) is 0 Å². The largest absolute Gasteiger partial charge is 0.394 e. The summed E-state index contributed by atoms with van der Waals surface area (Å²) < 4.78 is 13.5. The maximum Gasteiger partial charge on any atom is 0.226 e. The molecule has 0 radical (unpaired) electrons. The number of aromatic nitrogens is 1. The minimum atomic E-state index is -1.01. The SMILES string of the molecule is Cc1ccc(N2CCC(C(=O)N3C[C@@H](F)C[C@H]3CO)CC2)nc1. The summed E-state index contributed by atoms with van der Waals surface area (Å²) in [4.78, 5) is 20.8. The molecule has 5 nitrogen and oxygen atoms in total. The number of anilines is 1. The number of hydrogen-bond acceptors (Lipinski definition) is 4. The van der Waals surface area contributed by atoms with Gasteiger partial charge in [0.25, 0.3) is 0 Å². The first-order valence-corrected chi connectivity index (χ1v) is 8.31. The molecule has 0 aliphatic carbocycles. The topological polar surface area (TPSA) is 56.7 Å². The van der Waals surface area contributed by atoms with E-state index in [0.29, 0.717) is 0 Å². The average molecular weight is 321 g/mol. The van der Waals surface area contributed by atoms with Crippen LogP contribution in [-0.4, -0.2) is 59.4 Å². The Bertz CT molecular complexity index is 543. The molecule has 2 atom stereocenters. The smallest absolute Gasteiger partial charge is 0.226 e. The van der Waals surface area contributed by atoms with Gasteiger partial charge in [-0.2, -0.15) is 0 Å². The van der Waals surface area contributed by atoms with E-state index in [4.69, 9.17) is 0 Å². The minimum absolute atomic E-state index is 0.000662. The van der Waals surface area contributed by atoms with E-state index in [0.717, 1.165) is 37.3 Å². The zero-order valence-electron chi connectivity index (χ0n) is 13.5. The van der Waals surface area contributed by atoms with Gasteiger partial charge in [0.1, 0.15) is 12.0 Å². The quantitative estimate of drug-likeness (QED) is 0.917. The highest BCUT2D eigenvalue weighted by Gasteiger charge is 2.38. The third-order valence-corrected chi connectivity index (χ3v) is 4.92. The Balaban J connectivity index is 1.58. The number of pyridine rings is 1. The number of amides is 1. The Morgan fingerprint density at radius 1 is 1.39 bits per heavy atom. The van der Waals surface area contributed by atoms with Crippen LogP contribution in [0.4, 0.5) is 10.2 Å². The van der Waals surface area contributed by atoms with Gasteiger partial charge in [0.05, 0.1) is 19.2 Å². The van der Waals surface area contributed by atoms with Crippen LogP contribution < -0.4 is 4.90 Å². The molecule has 0 bridgehead atoms. The van der Waals surface area contributed by atoms with Gasteiger partial charge in [-0.15, -0.1) is 0 Å². The first-order chi connectivity index (χ1) is 11.1. The van der Waals surface area contributed by atoms with Gasteiger partial charge in [-0.3, -0.25) is 4.79 Å². The van der Waals surface area contributed by atoms with E-state index >= 15 is 0 Å². The zero-order chi connectivity index (χ0) is 16.4. The fourth-order valence-electron chi connectivity index (χ4n) is 3.54. The van der Waals surface area contributed by atoms with Gasteiger partial charge in [0.15, 0.2) is 0 Å². The highest BCUT2D eigenvalue weighted by Crippen LogP contribution is 2.28. The van der Waals surface area contributed by atoms with Gasteiger partial charge >= 0.3 is 0 Å². The first kappa shape index (κ1) is 16.2. The fraction of sp³-hybridized carbons (Fsp3) is 0.647. The van der Waals surface area contributed by atoms with Crippen LogP contribution in [0.5, 0.6) is 0 Å². The lowest BCUT2D eigenvalue weighted by atomic mass is 9.95. The van der Waals surface area contributed by atoms with Crippen LogP contribution in [0.3, 0.4) is 0 Å². The first-order valence-electron chi connectivity index (χ1n) is 8.31. The van der Waals surface area contributed by atoms with Crippen molar-refractivity contribution < 1.29 is 14.3 Å². The van der Waals surface area contributed by atoms with Gasteiger partial charge in [-0.25, -0.2) is 9.37 Å². The molecule has 0 spiro atoms. The van der Waals surface area contributed by atoms with E-state index in [1.54, 1.807) is 4.90 Å². The van der Waals surface area contributed by atoms with Gasteiger partial charge < -0.3 is 14.9 Å². The number of aliphatic hydroxyl groups excluding tert-OH is 1. The lowest BCUT2D eigenvalue weighted by molar-refractivity contribution is -0.137. The molecule has 2 aliphatic rings. The molecular weight excluding hydrogens is 297 g/mol. The van der Waals surface area contributed by atoms with Crippen LogP contribution in [0.1, 0.15) is 24.8 Å². The molecule has 3 heterocycles.